The quantitative estimate of drug-likeness (QED) is 0.329. The molecule has 2 atom stereocenters. The maximum atomic E-state index is 13.3. The molecule has 1 aromatic rings. The number of nitrogens with zero attached hydrogens (tertiary/aromatic N) is 1. The fourth-order valence-corrected chi connectivity index (χ4v) is 4.98. The molecular weight excluding hydrogens is 446 g/mol. The Kier molecular flexibility index (Phi) is 10.5. The number of hydrogen-bond acceptors (Lipinski definition) is 6. The van der Waals surface area contributed by atoms with Gasteiger partial charge < -0.3 is 4.74 Å². The number of hydroxylamine groups is 1. The summed E-state index contributed by atoms with van der Waals surface area (Å²) in [5.74, 6) is -2.93. The first-order chi connectivity index (χ1) is 15.6. The van der Waals surface area contributed by atoms with Crippen LogP contribution in [-0.4, -0.2) is 55.4 Å². The minimum atomic E-state index is -3.74. The van der Waals surface area contributed by atoms with Crippen LogP contribution in [0.2, 0.25) is 0 Å². The summed E-state index contributed by atoms with van der Waals surface area (Å²) in [6, 6.07) is 9.09. The van der Waals surface area contributed by atoms with E-state index in [0.717, 1.165) is 16.2 Å². The van der Waals surface area contributed by atoms with Crippen molar-refractivity contribution in [3.05, 3.63) is 42.0 Å². The first kappa shape index (κ1) is 27.0. The Morgan fingerprint density at radius 2 is 1.79 bits per heavy atom. The van der Waals surface area contributed by atoms with E-state index < -0.39 is 39.7 Å². The van der Waals surface area contributed by atoms with Crippen molar-refractivity contribution in [1.29, 1.82) is 0 Å². The van der Waals surface area contributed by atoms with Crippen LogP contribution in [0.3, 0.4) is 0 Å². The fourth-order valence-electron chi connectivity index (χ4n) is 3.97. The number of benzene rings is 1. The van der Waals surface area contributed by atoms with E-state index in [9.17, 15) is 23.2 Å². The molecule has 1 saturated heterocycles. The van der Waals surface area contributed by atoms with Crippen molar-refractivity contribution in [2.45, 2.75) is 45.6 Å². The second-order valence-electron chi connectivity index (χ2n) is 8.75. The van der Waals surface area contributed by atoms with E-state index in [-0.39, 0.29) is 12.3 Å². The van der Waals surface area contributed by atoms with E-state index in [1.54, 1.807) is 11.6 Å². The summed E-state index contributed by atoms with van der Waals surface area (Å²) in [7, 11) is -3.74. The third kappa shape index (κ3) is 8.54. The number of amides is 2. The molecular formula is C23H35N3O6S. The summed E-state index contributed by atoms with van der Waals surface area (Å²) in [5, 5.41) is 9.33. The van der Waals surface area contributed by atoms with Gasteiger partial charge in [0.25, 0.3) is 0 Å². The van der Waals surface area contributed by atoms with Gasteiger partial charge in [-0.2, -0.15) is 0 Å². The summed E-state index contributed by atoms with van der Waals surface area (Å²) in [6.45, 7) is 4.64. The highest BCUT2D eigenvalue weighted by atomic mass is 32.2. The van der Waals surface area contributed by atoms with Crippen LogP contribution in [-0.2, 0) is 24.3 Å². The molecule has 1 heterocycles. The van der Waals surface area contributed by atoms with Crippen molar-refractivity contribution in [3.63, 3.8) is 0 Å². The zero-order valence-corrected chi connectivity index (χ0v) is 20.3. The standard InChI is InChI=1S/C23H35N3O6S/c1-17(2)16-21(20(23(28)25-29)11-7-10-18-8-5-4-6-9-18)22(27)24-26(33(3,30)31)19-12-14-32-15-13-19/h4-10,17,19-21,29H,11-16H2,1-3H3,(H,24,27)(H,25,28)/t20-,21-/m0/s1. The van der Waals surface area contributed by atoms with Crippen molar-refractivity contribution in [2.75, 3.05) is 19.5 Å². The number of nitrogens with one attached hydrogen (secondary N) is 2. The lowest BCUT2D eigenvalue weighted by Crippen LogP contribution is -2.55. The predicted octanol–water partition coefficient (Wildman–Crippen LogP) is 2.35. The van der Waals surface area contributed by atoms with Gasteiger partial charge in [0.1, 0.15) is 0 Å². The number of carbonyl (C=O) groups is 2. The monoisotopic (exact) mass is 481 g/mol. The molecule has 2 amide bonds. The Balaban J connectivity index is 2.26. The second-order valence-corrected chi connectivity index (χ2v) is 10.6. The van der Waals surface area contributed by atoms with E-state index in [1.165, 1.54) is 0 Å². The number of rotatable bonds is 11. The third-order valence-corrected chi connectivity index (χ3v) is 6.70. The van der Waals surface area contributed by atoms with E-state index >= 15 is 0 Å². The molecule has 1 aromatic carbocycles. The van der Waals surface area contributed by atoms with Crippen LogP contribution in [0, 0.1) is 17.8 Å². The fraction of sp³-hybridized carbons (Fsp3) is 0.565. The summed E-state index contributed by atoms with van der Waals surface area (Å²) < 4.78 is 31.2. The van der Waals surface area contributed by atoms with Gasteiger partial charge in [-0.3, -0.25) is 20.2 Å². The lowest BCUT2D eigenvalue weighted by atomic mass is 9.82. The lowest BCUT2D eigenvalue weighted by molar-refractivity contribution is -0.142. The van der Waals surface area contributed by atoms with Crippen LogP contribution in [0.15, 0.2) is 36.4 Å². The maximum absolute atomic E-state index is 13.3. The molecule has 0 spiro atoms. The topological polar surface area (TPSA) is 125 Å². The molecule has 1 aliphatic rings. The highest BCUT2D eigenvalue weighted by Crippen LogP contribution is 2.26. The van der Waals surface area contributed by atoms with Gasteiger partial charge in [-0.15, -0.1) is 4.41 Å². The molecule has 0 aromatic heterocycles. The van der Waals surface area contributed by atoms with Gasteiger partial charge in [0.2, 0.25) is 21.8 Å². The Labute approximate surface area is 196 Å². The molecule has 184 valence electrons. The van der Waals surface area contributed by atoms with Gasteiger partial charge in [0.15, 0.2) is 0 Å². The van der Waals surface area contributed by atoms with Crippen LogP contribution < -0.4 is 10.9 Å². The average Bonchev–Trinajstić information content (AvgIpc) is 2.78. The number of allylic oxidation sites excluding steroid dienone is 1. The Morgan fingerprint density at radius 3 is 2.33 bits per heavy atom. The highest BCUT2D eigenvalue weighted by Gasteiger charge is 2.37. The van der Waals surface area contributed by atoms with Crippen molar-refractivity contribution in [2.24, 2.45) is 17.8 Å². The van der Waals surface area contributed by atoms with E-state index in [0.29, 0.717) is 32.5 Å². The Bertz CT molecular complexity index is 898. The van der Waals surface area contributed by atoms with Crippen molar-refractivity contribution >= 4 is 27.9 Å². The van der Waals surface area contributed by atoms with E-state index in [2.05, 4.69) is 5.43 Å². The van der Waals surface area contributed by atoms with Gasteiger partial charge >= 0.3 is 0 Å². The first-order valence-electron chi connectivity index (χ1n) is 11.2. The largest absolute Gasteiger partial charge is 0.381 e. The summed E-state index contributed by atoms with van der Waals surface area (Å²) in [5.41, 5.74) is 5.17. The number of hydrogen-bond donors (Lipinski definition) is 3. The normalized spacial score (nSPS) is 17.3. The van der Waals surface area contributed by atoms with E-state index in [1.807, 2.05) is 50.3 Å². The molecule has 0 bridgehead atoms. The van der Waals surface area contributed by atoms with E-state index in [4.69, 9.17) is 4.74 Å². The SMILES string of the molecule is CC(C)C[C@H](C(=O)NN(C1CCOCC1)S(C)(=O)=O)[C@H](CC=Cc1ccccc1)C(=O)NO. The molecule has 2 rings (SSSR count). The molecule has 10 heteroatoms. The molecule has 1 aliphatic heterocycles. The first-order valence-corrected chi connectivity index (χ1v) is 13.0. The summed E-state index contributed by atoms with van der Waals surface area (Å²) in [6.07, 6.45) is 6.12. The molecule has 0 aliphatic carbocycles. The van der Waals surface area contributed by atoms with Gasteiger partial charge in [0.05, 0.1) is 18.1 Å². The summed E-state index contributed by atoms with van der Waals surface area (Å²) >= 11 is 0. The second kappa shape index (κ2) is 12.8. The molecule has 3 N–H and O–H groups in total. The molecule has 0 unspecified atom stereocenters. The van der Waals surface area contributed by atoms with Gasteiger partial charge in [-0.25, -0.2) is 13.9 Å². The number of sulfonamides is 1. The van der Waals surface area contributed by atoms with Gasteiger partial charge in [-0.05, 0) is 37.2 Å². The lowest BCUT2D eigenvalue weighted by Gasteiger charge is -2.34. The van der Waals surface area contributed by atoms with Crippen molar-refractivity contribution in [1.82, 2.24) is 15.3 Å². The molecule has 33 heavy (non-hydrogen) atoms. The Hall–Kier alpha value is -2.27. The average molecular weight is 482 g/mol. The number of hydrazine groups is 1. The predicted molar refractivity (Wildman–Crippen MR) is 125 cm³/mol. The minimum Gasteiger partial charge on any atom is -0.381 e. The van der Waals surface area contributed by atoms with Crippen LogP contribution in [0.25, 0.3) is 6.08 Å². The van der Waals surface area contributed by atoms with Crippen molar-refractivity contribution < 1.29 is 28.0 Å². The molecule has 0 radical (unpaired) electrons. The van der Waals surface area contributed by atoms with Crippen LogP contribution in [0.4, 0.5) is 0 Å². The van der Waals surface area contributed by atoms with Crippen LogP contribution >= 0.6 is 0 Å². The van der Waals surface area contributed by atoms with Gasteiger partial charge in [0, 0.05) is 19.3 Å². The summed E-state index contributed by atoms with van der Waals surface area (Å²) in [4.78, 5) is 25.9. The third-order valence-electron chi connectivity index (χ3n) is 5.59. The smallest absolute Gasteiger partial charge is 0.247 e. The maximum Gasteiger partial charge on any atom is 0.247 e. The zero-order valence-electron chi connectivity index (χ0n) is 19.4. The van der Waals surface area contributed by atoms with Gasteiger partial charge in [-0.1, -0.05) is 56.3 Å². The van der Waals surface area contributed by atoms with Crippen LogP contribution in [0.5, 0.6) is 0 Å². The minimum absolute atomic E-state index is 0.0580. The number of carbonyl (C=O) groups excluding carboxylic acids is 2. The zero-order chi connectivity index (χ0) is 24.4. The van der Waals surface area contributed by atoms with Crippen LogP contribution in [0.1, 0.15) is 45.1 Å². The van der Waals surface area contributed by atoms with Crippen molar-refractivity contribution in [3.8, 4) is 0 Å². The number of ether oxygens (including phenoxy) is 1. The Morgan fingerprint density at radius 1 is 1.15 bits per heavy atom. The molecule has 0 saturated carbocycles. The molecule has 1 fully saturated rings. The molecule has 9 nitrogen and oxygen atoms in total. The highest BCUT2D eigenvalue weighted by molar-refractivity contribution is 7.88.